The third-order valence-electron chi connectivity index (χ3n) is 3.11. The molecule has 0 atom stereocenters. The van der Waals surface area contributed by atoms with Crippen LogP contribution < -0.4 is 5.73 Å². The van der Waals surface area contributed by atoms with E-state index in [-0.39, 0.29) is 12.3 Å². The van der Waals surface area contributed by atoms with Crippen LogP contribution in [0, 0.1) is 0 Å². The summed E-state index contributed by atoms with van der Waals surface area (Å²) in [5.74, 6) is 0.475. The second-order valence-corrected chi connectivity index (χ2v) is 4.10. The van der Waals surface area contributed by atoms with Gasteiger partial charge in [-0.3, -0.25) is 4.79 Å². The Morgan fingerprint density at radius 3 is 2.69 bits per heavy atom. The second kappa shape index (κ2) is 5.23. The van der Waals surface area contributed by atoms with Crippen LogP contribution >= 0.6 is 0 Å². The molecule has 16 heavy (non-hydrogen) atoms. The Morgan fingerprint density at radius 2 is 2.00 bits per heavy atom. The van der Waals surface area contributed by atoms with Crippen molar-refractivity contribution in [3.63, 3.8) is 0 Å². The van der Waals surface area contributed by atoms with Crippen LogP contribution in [0.5, 0.6) is 0 Å². The molecule has 0 bridgehead atoms. The van der Waals surface area contributed by atoms with Crippen molar-refractivity contribution in [3.05, 3.63) is 35.4 Å². The minimum absolute atomic E-state index is 0.0297. The Morgan fingerprint density at radius 1 is 1.31 bits per heavy atom. The number of ketones is 1. The largest absolute Gasteiger partial charge is 0.381 e. The SMILES string of the molecule is NCC(=O)c1ccccc1C1CCOCC1. The van der Waals surface area contributed by atoms with Crippen molar-refractivity contribution >= 4 is 5.78 Å². The Hall–Kier alpha value is -1.19. The van der Waals surface area contributed by atoms with E-state index in [1.165, 1.54) is 0 Å². The standard InChI is InChI=1S/C13H17NO2/c14-9-13(15)12-4-2-1-3-11(12)10-5-7-16-8-6-10/h1-4,10H,5-9,14H2. The number of benzene rings is 1. The van der Waals surface area contributed by atoms with Crippen LogP contribution in [-0.4, -0.2) is 25.5 Å². The molecular formula is C13H17NO2. The van der Waals surface area contributed by atoms with Gasteiger partial charge in [-0.25, -0.2) is 0 Å². The van der Waals surface area contributed by atoms with Crippen molar-refractivity contribution < 1.29 is 9.53 Å². The highest BCUT2D eigenvalue weighted by Crippen LogP contribution is 2.29. The molecule has 0 saturated carbocycles. The summed E-state index contributed by atoms with van der Waals surface area (Å²) in [6.45, 7) is 1.66. The number of hydrogen-bond donors (Lipinski definition) is 1. The Balaban J connectivity index is 2.28. The summed E-state index contributed by atoms with van der Waals surface area (Å²) in [4.78, 5) is 11.7. The lowest BCUT2D eigenvalue weighted by Crippen LogP contribution is -2.20. The van der Waals surface area contributed by atoms with Gasteiger partial charge in [-0.2, -0.15) is 0 Å². The van der Waals surface area contributed by atoms with Gasteiger partial charge >= 0.3 is 0 Å². The molecule has 0 amide bonds. The molecule has 3 heteroatoms. The second-order valence-electron chi connectivity index (χ2n) is 4.10. The van der Waals surface area contributed by atoms with Crippen LogP contribution in [0.15, 0.2) is 24.3 Å². The normalized spacial score (nSPS) is 17.3. The average Bonchev–Trinajstić information content (AvgIpc) is 2.39. The van der Waals surface area contributed by atoms with Crippen LogP contribution in [0.3, 0.4) is 0 Å². The van der Waals surface area contributed by atoms with Crippen molar-refractivity contribution in [3.8, 4) is 0 Å². The molecule has 2 N–H and O–H groups in total. The molecule has 0 aromatic heterocycles. The predicted octanol–water partition coefficient (Wildman–Crippen LogP) is 1.72. The molecule has 0 spiro atoms. The minimum Gasteiger partial charge on any atom is -0.381 e. The van der Waals surface area contributed by atoms with E-state index in [0.29, 0.717) is 5.92 Å². The van der Waals surface area contributed by atoms with E-state index in [1.54, 1.807) is 0 Å². The van der Waals surface area contributed by atoms with Crippen LogP contribution in [0.1, 0.15) is 34.7 Å². The molecule has 3 nitrogen and oxygen atoms in total. The summed E-state index contributed by atoms with van der Waals surface area (Å²) in [6.07, 6.45) is 1.99. The van der Waals surface area contributed by atoms with Gasteiger partial charge in [0.2, 0.25) is 0 Å². The quantitative estimate of drug-likeness (QED) is 0.787. The molecule has 86 valence electrons. The summed E-state index contributed by atoms with van der Waals surface area (Å²) < 4.78 is 5.34. The predicted molar refractivity (Wildman–Crippen MR) is 62.6 cm³/mol. The molecule has 0 aliphatic carbocycles. The van der Waals surface area contributed by atoms with E-state index in [2.05, 4.69) is 0 Å². The smallest absolute Gasteiger partial charge is 0.176 e. The van der Waals surface area contributed by atoms with Crippen LogP contribution in [-0.2, 0) is 4.74 Å². The van der Waals surface area contributed by atoms with Crippen molar-refractivity contribution in [2.45, 2.75) is 18.8 Å². The zero-order valence-corrected chi connectivity index (χ0v) is 9.32. The lowest BCUT2D eigenvalue weighted by atomic mass is 9.87. The fourth-order valence-electron chi connectivity index (χ4n) is 2.23. The molecule has 0 unspecified atom stereocenters. The van der Waals surface area contributed by atoms with Gasteiger partial charge in [0.15, 0.2) is 5.78 Å². The summed E-state index contributed by atoms with van der Waals surface area (Å²) >= 11 is 0. The van der Waals surface area contributed by atoms with Crippen molar-refractivity contribution in [1.29, 1.82) is 0 Å². The van der Waals surface area contributed by atoms with Gasteiger partial charge in [0.1, 0.15) is 0 Å². The Labute approximate surface area is 95.6 Å². The Bertz CT molecular complexity index is 370. The molecule has 1 heterocycles. The van der Waals surface area contributed by atoms with Crippen LogP contribution in [0.4, 0.5) is 0 Å². The summed E-state index contributed by atoms with van der Waals surface area (Å²) in [5.41, 5.74) is 7.36. The number of carbonyl (C=O) groups excluding carboxylic acids is 1. The topological polar surface area (TPSA) is 52.3 Å². The van der Waals surface area contributed by atoms with Crippen LogP contribution in [0.25, 0.3) is 0 Å². The summed E-state index contributed by atoms with van der Waals surface area (Å²) in [5, 5.41) is 0. The fourth-order valence-corrected chi connectivity index (χ4v) is 2.23. The van der Waals surface area contributed by atoms with Crippen molar-refractivity contribution in [2.24, 2.45) is 5.73 Å². The van der Waals surface area contributed by atoms with Crippen molar-refractivity contribution in [2.75, 3.05) is 19.8 Å². The third kappa shape index (κ3) is 2.31. The molecule has 2 rings (SSSR count). The Kier molecular flexibility index (Phi) is 3.70. The highest BCUT2D eigenvalue weighted by atomic mass is 16.5. The summed E-state index contributed by atoms with van der Waals surface area (Å²) in [6, 6.07) is 7.79. The number of ether oxygens (including phenoxy) is 1. The maximum atomic E-state index is 11.7. The first kappa shape index (κ1) is 11.3. The number of nitrogens with two attached hydrogens (primary N) is 1. The van der Waals surface area contributed by atoms with Crippen LogP contribution in [0.2, 0.25) is 0 Å². The van der Waals surface area contributed by atoms with Crippen molar-refractivity contribution in [1.82, 2.24) is 0 Å². The van der Waals surface area contributed by atoms with Gasteiger partial charge in [0.05, 0.1) is 6.54 Å². The van der Waals surface area contributed by atoms with Gasteiger partial charge in [0, 0.05) is 18.8 Å². The van der Waals surface area contributed by atoms with E-state index >= 15 is 0 Å². The number of rotatable bonds is 3. The zero-order valence-electron chi connectivity index (χ0n) is 9.32. The van der Waals surface area contributed by atoms with E-state index in [1.807, 2.05) is 24.3 Å². The van der Waals surface area contributed by atoms with E-state index in [4.69, 9.17) is 10.5 Å². The molecule has 1 aliphatic heterocycles. The van der Waals surface area contributed by atoms with E-state index < -0.39 is 0 Å². The lowest BCUT2D eigenvalue weighted by molar-refractivity contribution is 0.0845. The number of Topliss-reactive ketones (excluding diaryl/α,β-unsaturated/α-hetero) is 1. The zero-order chi connectivity index (χ0) is 11.4. The van der Waals surface area contributed by atoms with E-state index in [0.717, 1.165) is 37.2 Å². The summed E-state index contributed by atoms with van der Waals surface area (Å²) in [7, 11) is 0. The average molecular weight is 219 g/mol. The highest BCUT2D eigenvalue weighted by Gasteiger charge is 2.20. The van der Waals surface area contributed by atoms with Gasteiger partial charge in [-0.05, 0) is 24.3 Å². The monoisotopic (exact) mass is 219 g/mol. The minimum atomic E-state index is 0.0297. The first-order valence-electron chi connectivity index (χ1n) is 5.73. The first-order valence-corrected chi connectivity index (χ1v) is 5.73. The number of carbonyl (C=O) groups is 1. The molecule has 1 saturated heterocycles. The molecule has 0 radical (unpaired) electrons. The van der Waals surface area contributed by atoms with Gasteiger partial charge in [0.25, 0.3) is 0 Å². The van der Waals surface area contributed by atoms with E-state index in [9.17, 15) is 4.79 Å². The number of hydrogen-bond acceptors (Lipinski definition) is 3. The lowest BCUT2D eigenvalue weighted by Gasteiger charge is -2.24. The fraction of sp³-hybridized carbons (Fsp3) is 0.462. The molecule has 1 fully saturated rings. The molecular weight excluding hydrogens is 202 g/mol. The first-order chi connectivity index (χ1) is 7.83. The maximum Gasteiger partial charge on any atom is 0.176 e. The molecule has 1 aromatic rings. The molecule has 1 aliphatic rings. The van der Waals surface area contributed by atoms with Gasteiger partial charge < -0.3 is 10.5 Å². The highest BCUT2D eigenvalue weighted by molar-refractivity contribution is 5.99. The van der Waals surface area contributed by atoms with Gasteiger partial charge in [-0.1, -0.05) is 24.3 Å². The maximum absolute atomic E-state index is 11.7. The molecule has 1 aromatic carbocycles. The van der Waals surface area contributed by atoms with Gasteiger partial charge in [-0.15, -0.1) is 0 Å². The third-order valence-corrected chi connectivity index (χ3v) is 3.11.